The van der Waals surface area contributed by atoms with E-state index in [0.29, 0.717) is 6.54 Å². The summed E-state index contributed by atoms with van der Waals surface area (Å²) in [5.41, 5.74) is 3.94. The van der Waals surface area contributed by atoms with Crippen LogP contribution in [0.3, 0.4) is 0 Å². The normalized spacial score (nSPS) is 14.7. The van der Waals surface area contributed by atoms with Crippen LogP contribution in [0.1, 0.15) is 23.1 Å². The molecule has 0 heterocycles. The van der Waals surface area contributed by atoms with E-state index in [4.69, 9.17) is 4.74 Å². The van der Waals surface area contributed by atoms with Crippen LogP contribution < -0.4 is 10.6 Å². The maximum atomic E-state index is 11.6. The lowest BCUT2D eigenvalue weighted by molar-refractivity contribution is 0.0660. The molecule has 1 atom stereocenters. The number of aryl methyl sites for hydroxylation is 2. The number of benzene rings is 1. The van der Waals surface area contributed by atoms with Gasteiger partial charge >= 0.3 is 6.03 Å². The van der Waals surface area contributed by atoms with Crippen LogP contribution >= 0.6 is 0 Å². The molecular weight excluding hydrogens is 256 g/mol. The highest BCUT2D eigenvalue weighted by Crippen LogP contribution is 2.22. The molecule has 0 radical (unpaired) electrons. The number of carbonyl (C=O) groups excluding carboxylic acids is 1. The Morgan fingerprint density at radius 3 is 2.95 bits per heavy atom. The molecule has 0 fully saturated rings. The molecule has 1 aromatic rings. The summed E-state index contributed by atoms with van der Waals surface area (Å²) in [5.74, 6) is 0. The molecule has 0 spiro atoms. The summed E-state index contributed by atoms with van der Waals surface area (Å²) in [5, 5.41) is 14.8. The second kappa shape index (κ2) is 7.26. The highest BCUT2D eigenvalue weighted by molar-refractivity contribution is 5.73. The Kier molecular flexibility index (Phi) is 5.38. The number of urea groups is 1. The largest absolute Gasteiger partial charge is 0.389 e. The number of hydrogen-bond acceptors (Lipinski definition) is 3. The van der Waals surface area contributed by atoms with Crippen molar-refractivity contribution in [1.82, 2.24) is 10.6 Å². The maximum Gasteiger partial charge on any atom is 0.315 e. The molecule has 2 amide bonds. The van der Waals surface area contributed by atoms with Crippen LogP contribution in [-0.2, 0) is 24.1 Å². The number of ether oxygens (including phenoxy) is 1. The van der Waals surface area contributed by atoms with E-state index in [2.05, 4.69) is 28.8 Å². The summed E-state index contributed by atoms with van der Waals surface area (Å²) in [4.78, 5) is 11.6. The summed E-state index contributed by atoms with van der Waals surface area (Å²) in [6.45, 7) is 0.897. The Hall–Kier alpha value is -1.59. The number of methoxy groups -OCH3 is 1. The van der Waals surface area contributed by atoms with Gasteiger partial charge in [-0.25, -0.2) is 4.79 Å². The van der Waals surface area contributed by atoms with E-state index in [1.165, 1.54) is 31.1 Å². The molecule has 1 aromatic carbocycles. The van der Waals surface area contributed by atoms with Crippen LogP contribution in [0.5, 0.6) is 0 Å². The second-order valence-electron chi connectivity index (χ2n) is 5.13. The molecule has 0 aromatic heterocycles. The predicted molar refractivity (Wildman–Crippen MR) is 76.6 cm³/mol. The third-order valence-electron chi connectivity index (χ3n) is 3.47. The van der Waals surface area contributed by atoms with Crippen molar-refractivity contribution in [3.05, 3.63) is 34.9 Å². The molecule has 0 aliphatic heterocycles. The Labute approximate surface area is 119 Å². The SMILES string of the molecule is COCC(O)CNC(=O)NCc1ccc2c(c1)CCC2. The van der Waals surface area contributed by atoms with Crippen LogP contribution in [-0.4, -0.2) is 37.5 Å². The lowest BCUT2D eigenvalue weighted by Crippen LogP contribution is -2.40. The van der Waals surface area contributed by atoms with E-state index in [-0.39, 0.29) is 19.2 Å². The van der Waals surface area contributed by atoms with Crippen molar-refractivity contribution >= 4 is 6.03 Å². The molecule has 5 nitrogen and oxygen atoms in total. The molecular formula is C15H22N2O3. The summed E-state index contributed by atoms with van der Waals surface area (Å²) >= 11 is 0. The average molecular weight is 278 g/mol. The van der Waals surface area contributed by atoms with Crippen LogP contribution in [0.2, 0.25) is 0 Å². The first kappa shape index (κ1) is 14.8. The van der Waals surface area contributed by atoms with Gasteiger partial charge in [-0.1, -0.05) is 18.2 Å². The summed E-state index contributed by atoms with van der Waals surface area (Å²) in [6.07, 6.45) is 2.86. The minimum absolute atomic E-state index is 0.184. The number of aliphatic hydroxyl groups excluding tert-OH is 1. The number of nitrogens with one attached hydrogen (secondary N) is 2. The van der Waals surface area contributed by atoms with Crippen molar-refractivity contribution < 1.29 is 14.6 Å². The summed E-state index contributed by atoms with van der Waals surface area (Å²) < 4.78 is 4.79. The van der Waals surface area contributed by atoms with Gasteiger partial charge in [0.05, 0.1) is 12.7 Å². The van der Waals surface area contributed by atoms with Crippen molar-refractivity contribution in [2.75, 3.05) is 20.3 Å². The lowest BCUT2D eigenvalue weighted by Gasteiger charge is -2.12. The number of fused-ring (bicyclic) bond motifs is 1. The van der Waals surface area contributed by atoms with Gasteiger partial charge in [0.2, 0.25) is 0 Å². The van der Waals surface area contributed by atoms with E-state index in [1.54, 1.807) is 0 Å². The van der Waals surface area contributed by atoms with E-state index >= 15 is 0 Å². The third-order valence-corrected chi connectivity index (χ3v) is 3.47. The van der Waals surface area contributed by atoms with Gasteiger partial charge in [0.25, 0.3) is 0 Å². The van der Waals surface area contributed by atoms with Crippen molar-refractivity contribution in [3.8, 4) is 0 Å². The van der Waals surface area contributed by atoms with Crippen molar-refractivity contribution in [3.63, 3.8) is 0 Å². The monoisotopic (exact) mass is 278 g/mol. The molecule has 110 valence electrons. The number of aliphatic hydroxyl groups is 1. The molecule has 2 rings (SSSR count). The summed E-state index contributed by atoms with van der Waals surface area (Å²) in [7, 11) is 1.51. The molecule has 0 bridgehead atoms. The Morgan fingerprint density at radius 1 is 1.35 bits per heavy atom. The molecule has 1 unspecified atom stereocenters. The quantitative estimate of drug-likeness (QED) is 0.726. The molecule has 0 saturated carbocycles. The van der Waals surface area contributed by atoms with Gasteiger partial charge in [-0.2, -0.15) is 0 Å². The molecule has 3 N–H and O–H groups in total. The Bertz CT molecular complexity index is 462. The molecule has 5 heteroatoms. The van der Waals surface area contributed by atoms with Gasteiger partial charge in [0.15, 0.2) is 0 Å². The topological polar surface area (TPSA) is 70.6 Å². The Morgan fingerprint density at radius 2 is 2.15 bits per heavy atom. The molecule has 0 saturated heterocycles. The fraction of sp³-hybridized carbons (Fsp3) is 0.533. The van der Waals surface area contributed by atoms with Crippen LogP contribution in [0, 0.1) is 0 Å². The summed E-state index contributed by atoms with van der Waals surface area (Å²) in [6, 6.07) is 6.10. The van der Waals surface area contributed by atoms with Crippen molar-refractivity contribution in [2.45, 2.75) is 31.9 Å². The van der Waals surface area contributed by atoms with Gasteiger partial charge in [0, 0.05) is 20.2 Å². The standard InChI is InChI=1S/C15H22N2O3/c1-20-10-14(18)9-17-15(19)16-8-11-5-6-12-3-2-4-13(12)7-11/h5-7,14,18H,2-4,8-10H2,1H3,(H2,16,17,19). The van der Waals surface area contributed by atoms with Crippen LogP contribution in [0.4, 0.5) is 4.79 Å². The smallest absolute Gasteiger partial charge is 0.315 e. The van der Waals surface area contributed by atoms with Gasteiger partial charge in [0.1, 0.15) is 0 Å². The first-order valence-electron chi connectivity index (χ1n) is 6.98. The zero-order valence-corrected chi connectivity index (χ0v) is 11.8. The molecule has 20 heavy (non-hydrogen) atoms. The van der Waals surface area contributed by atoms with Gasteiger partial charge in [-0.15, -0.1) is 0 Å². The van der Waals surface area contributed by atoms with E-state index < -0.39 is 6.10 Å². The first-order valence-corrected chi connectivity index (χ1v) is 6.98. The number of rotatable bonds is 6. The Balaban J connectivity index is 1.73. The molecule has 1 aliphatic carbocycles. The number of carbonyl (C=O) groups is 1. The highest BCUT2D eigenvalue weighted by atomic mass is 16.5. The first-order chi connectivity index (χ1) is 9.69. The fourth-order valence-electron chi connectivity index (χ4n) is 2.44. The zero-order chi connectivity index (χ0) is 14.4. The zero-order valence-electron chi connectivity index (χ0n) is 11.8. The minimum Gasteiger partial charge on any atom is -0.389 e. The number of amides is 2. The average Bonchev–Trinajstić information content (AvgIpc) is 2.90. The van der Waals surface area contributed by atoms with E-state index in [1.807, 2.05) is 0 Å². The van der Waals surface area contributed by atoms with Gasteiger partial charge < -0.3 is 20.5 Å². The van der Waals surface area contributed by atoms with E-state index in [0.717, 1.165) is 12.0 Å². The van der Waals surface area contributed by atoms with Crippen molar-refractivity contribution in [2.24, 2.45) is 0 Å². The maximum absolute atomic E-state index is 11.6. The highest BCUT2D eigenvalue weighted by Gasteiger charge is 2.11. The van der Waals surface area contributed by atoms with Gasteiger partial charge in [-0.05, 0) is 36.0 Å². The van der Waals surface area contributed by atoms with E-state index in [9.17, 15) is 9.90 Å². The third kappa shape index (κ3) is 4.21. The lowest BCUT2D eigenvalue weighted by atomic mass is 10.1. The minimum atomic E-state index is -0.675. The van der Waals surface area contributed by atoms with Crippen LogP contribution in [0.15, 0.2) is 18.2 Å². The predicted octanol–water partition coefficient (Wildman–Crippen LogP) is 0.982. The van der Waals surface area contributed by atoms with Crippen molar-refractivity contribution in [1.29, 1.82) is 0 Å². The van der Waals surface area contributed by atoms with Gasteiger partial charge in [-0.3, -0.25) is 0 Å². The fourth-order valence-corrected chi connectivity index (χ4v) is 2.44. The molecule has 1 aliphatic rings. The second-order valence-corrected chi connectivity index (χ2v) is 5.13. The number of hydrogen-bond donors (Lipinski definition) is 3. The van der Waals surface area contributed by atoms with Crippen LogP contribution in [0.25, 0.3) is 0 Å².